The van der Waals surface area contributed by atoms with E-state index in [0.29, 0.717) is 5.41 Å². The van der Waals surface area contributed by atoms with Crippen LogP contribution >= 0.6 is 15.9 Å². The van der Waals surface area contributed by atoms with Crippen LogP contribution in [0.3, 0.4) is 0 Å². The summed E-state index contributed by atoms with van der Waals surface area (Å²) in [6, 6.07) is 6.44. The van der Waals surface area contributed by atoms with Crippen LogP contribution in [0.5, 0.6) is 0 Å². The van der Waals surface area contributed by atoms with Gasteiger partial charge in [-0.2, -0.15) is 0 Å². The van der Waals surface area contributed by atoms with Crippen LogP contribution in [0.4, 0.5) is 11.4 Å². The maximum atomic E-state index is 3.69. The Balaban J connectivity index is 1.93. The first-order chi connectivity index (χ1) is 8.70. The quantitative estimate of drug-likeness (QED) is 0.770. The first kappa shape index (κ1) is 12.3. The lowest BCUT2D eigenvalue weighted by Crippen LogP contribution is -2.40. The molecule has 1 heterocycles. The zero-order valence-corrected chi connectivity index (χ0v) is 12.6. The highest BCUT2D eigenvalue weighted by Gasteiger charge is 2.36. The van der Waals surface area contributed by atoms with Crippen LogP contribution in [0, 0.1) is 5.41 Å². The van der Waals surface area contributed by atoms with Crippen LogP contribution in [0.2, 0.25) is 0 Å². The van der Waals surface area contributed by atoms with Crippen LogP contribution in [-0.2, 0) is 0 Å². The van der Waals surface area contributed by atoms with E-state index in [0.717, 1.165) is 6.54 Å². The summed E-state index contributed by atoms with van der Waals surface area (Å²) < 4.78 is 1.20. The Bertz CT molecular complexity index is 438. The van der Waals surface area contributed by atoms with Crippen molar-refractivity contribution in [2.75, 3.05) is 30.4 Å². The van der Waals surface area contributed by atoms with Gasteiger partial charge in [0.2, 0.25) is 0 Å². The Morgan fingerprint density at radius 3 is 2.78 bits per heavy atom. The molecule has 1 saturated carbocycles. The number of hydrogen-bond acceptors (Lipinski definition) is 2. The summed E-state index contributed by atoms with van der Waals surface area (Å²) in [4.78, 5) is 2.44. The summed E-state index contributed by atoms with van der Waals surface area (Å²) in [5.41, 5.74) is 3.07. The van der Waals surface area contributed by atoms with E-state index in [4.69, 9.17) is 0 Å². The predicted molar refractivity (Wildman–Crippen MR) is 81.4 cm³/mol. The fraction of sp³-hybridized carbons (Fsp3) is 0.600. The third kappa shape index (κ3) is 2.13. The number of fused-ring (bicyclic) bond motifs is 1. The second-order valence-electron chi connectivity index (χ2n) is 5.91. The number of halogens is 1. The topological polar surface area (TPSA) is 15.3 Å². The molecule has 0 amide bonds. The maximum absolute atomic E-state index is 3.69. The molecule has 18 heavy (non-hydrogen) atoms. The van der Waals surface area contributed by atoms with Crippen molar-refractivity contribution in [2.45, 2.75) is 32.1 Å². The van der Waals surface area contributed by atoms with Crippen molar-refractivity contribution < 1.29 is 0 Å². The summed E-state index contributed by atoms with van der Waals surface area (Å²) in [6.45, 7) is 2.30. The smallest absolute Gasteiger partial charge is 0.0743 e. The highest BCUT2D eigenvalue weighted by Crippen LogP contribution is 2.43. The number of benzene rings is 1. The van der Waals surface area contributed by atoms with Crippen molar-refractivity contribution in [1.29, 1.82) is 0 Å². The van der Waals surface area contributed by atoms with Crippen molar-refractivity contribution in [3.05, 3.63) is 22.7 Å². The molecule has 2 nitrogen and oxygen atoms in total. The maximum Gasteiger partial charge on any atom is 0.0743 e. The first-order valence-corrected chi connectivity index (χ1v) is 7.73. The third-order valence-electron chi connectivity index (χ3n) is 4.51. The molecule has 1 spiro atoms. The molecule has 0 saturated heterocycles. The summed E-state index contributed by atoms with van der Waals surface area (Å²) in [6.07, 6.45) is 6.95. The molecule has 3 rings (SSSR count). The largest absolute Gasteiger partial charge is 0.383 e. The second kappa shape index (κ2) is 4.76. The van der Waals surface area contributed by atoms with Crippen LogP contribution < -0.4 is 10.2 Å². The molecule has 0 radical (unpaired) electrons. The van der Waals surface area contributed by atoms with E-state index in [9.17, 15) is 0 Å². The van der Waals surface area contributed by atoms with Gasteiger partial charge in [0.15, 0.2) is 0 Å². The van der Waals surface area contributed by atoms with Gasteiger partial charge >= 0.3 is 0 Å². The molecule has 0 bridgehead atoms. The lowest BCUT2D eigenvalue weighted by molar-refractivity contribution is 0.215. The molecule has 1 aromatic rings. The minimum atomic E-state index is 0.478. The van der Waals surface area contributed by atoms with E-state index in [1.807, 2.05) is 0 Å². The van der Waals surface area contributed by atoms with Gasteiger partial charge in [0.05, 0.1) is 11.4 Å². The first-order valence-electron chi connectivity index (χ1n) is 6.94. The number of rotatable bonds is 0. The Morgan fingerprint density at radius 2 is 2.00 bits per heavy atom. The van der Waals surface area contributed by atoms with E-state index in [-0.39, 0.29) is 0 Å². The molecule has 1 aliphatic carbocycles. The van der Waals surface area contributed by atoms with Crippen LogP contribution in [0.15, 0.2) is 22.7 Å². The number of nitrogens with zero attached hydrogens (tertiary/aromatic N) is 1. The Kier molecular flexibility index (Phi) is 3.27. The SMILES string of the molecule is CN1CC2(CCCCC2)CNc2cccc(Br)c21. The lowest BCUT2D eigenvalue weighted by Gasteiger charge is -2.38. The zero-order chi connectivity index (χ0) is 12.6. The average Bonchev–Trinajstić information content (AvgIpc) is 2.49. The van der Waals surface area contributed by atoms with Gasteiger partial charge in [0, 0.05) is 30.0 Å². The number of para-hydroxylation sites is 1. The molecule has 0 unspecified atom stereocenters. The van der Waals surface area contributed by atoms with Gasteiger partial charge in [0.25, 0.3) is 0 Å². The lowest BCUT2D eigenvalue weighted by atomic mass is 9.74. The summed E-state index contributed by atoms with van der Waals surface area (Å²) in [5, 5.41) is 3.69. The standard InChI is InChI=1S/C15H21BrN2/c1-18-11-15(8-3-2-4-9-15)10-17-13-7-5-6-12(16)14(13)18/h5-7,17H,2-4,8-11H2,1H3. The monoisotopic (exact) mass is 308 g/mol. The Labute approximate surface area is 118 Å². The van der Waals surface area contributed by atoms with E-state index in [1.54, 1.807) is 0 Å². The minimum Gasteiger partial charge on any atom is -0.383 e. The van der Waals surface area contributed by atoms with Crippen LogP contribution in [-0.4, -0.2) is 20.1 Å². The number of anilines is 2. The molecule has 1 N–H and O–H groups in total. The number of nitrogens with one attached hydrogen (secondary N) is 1. The van der Waals surface area contributed by atoms with Gasteiger partial charge in [-0.15, -0.1) is 0 Å². The normalized spacial score (nSPS) is 22.2. The molecule has 3 heteroatoms. The Morgan fingerprint density at radius 1 is 1.22 bits per heavy atom. The molecule has 1 aromatic carbocycles. The van der Waals surface area contributed by atoms with Crippen molar-refractivity contribution in [1.82, 2.24) is 0 Å². The van der Waals surface area contributed by atoms with Crippen LogP contribution in [0.25, 0.3) is 0 Å². The summed E-state index contributed by atoms with van der Waals surface area (Å²) in [5.74, 6) is 0. The second-order valence-corrected chi connectivity index (χ2v) is 6.76. The summed E-state index contributed by atoms with van der Waals surface area (Å²) in [7, 11) is 2.23. The van der Waals surface area contributed by atoms with E-state index >= 15 is 0 Å². The molecule has 1 fully saturated rings. The van der Waals surface area contributed by atoms with Crippen molar-refractivity contribution in [3.8, 4) is 0 Å². The third-order valence-corrected chi connectivity index (χ3v) is 5.15. The van der Waals surface area contributed by atoms with Crippen molar-refractivity contribution >= 4 is 27.3 Å². The minimum absolute atomic E-state index is 0.478. The molecule has 1 aliphatic heterocycles. The highest BCUT2D eigenvalue weighted by atomic mass is 79.9. The van der Waals surface area contributed by atoms with E-state index in [1.165, 1.54) is 54.5 Å². The van der Waals surface area contributed by atoms with Gasteiger partial charge < -0.3 is 10.2 Å². The molecular formula is C15H21BrN2. The van der Waals surface area contributed by atoms with Crippen molar-refractivity contribution in [3.63, 3.8) is 0 Å². The Hall–Kier alpha value is -0.700. The zero-order valence-electron chi connectivity index (χ0n) is 11.0. The number of hydrogen-bond donors (Lipinski definition) is 1. The average molecular weight is 309 g/mol. The fourth-order valence-electron chi connectivity index (χ4n) is 3.60. The van der Waals surface area contributed by atoms with Crippen molar-refractivity contribution in [2.24, 2.45) is 5.41 Å². The van der Waals surface area contributed by atoms with Gasteiger partial charge in [-0.05, 0) is 40.9 Å². The van der Waals surface area contributed by atoms with E-state index in [2.05, 4.69) is 51.4 Å². The molecular weight excluding hydrogens is 288 g/mol. The molecule has 2 aliphatic rings. The molecule has 0 atom stereocenters. The fourth-order valence-corrected chi connectivity index (χ4v) is 4.27. The van der Waals surface area contributed by atoms with E-state index < -0.39 is 0 Å². The highest BCUT2D eigenvalue weighted by molar-refractivity contribution is 9.10. The van der Waals surface area contributed by atoms with Gasteiger partial charge in [-0.1, -0.05) is 25.3 Å². The predicted octanol–water partition coefficient (Wildman–Crippen LogP) is 4.26. The van der Waals surface area contributed by atoms with Gasteiger partial charge in [0.1, 0.15) is 0 Å². The summed E-state index contributed by atoms with van der Waals surface area (Å²) >= 11 is 3.69. The van der Waals surface area contributed by atoms with Gasteiger partial charge in [-0.3, -0.25) is 0 Å². The van der Waals surface area contributed by atoms with Gasteiger partial charge in [-0.25, -0.2) is 0 Å². The molecule has 98 valence electrons. The van der Waals surface area contributed by atoms with Crippen LogP contribution in [0.1, 0.15) is 32.1 Å². The molecule has 0 aromatic heterocycles.